The molecule has 0 N–H and O–H groups in total. The maximum atomic E-state index is 12.8. The van der Waals surface area contributed by atoms with Crippen LogP contribution in [0.15, 0.2) is 18.2 Å². The van der Waals surface area contributed by atoms with Gasteiger partial charge in [-0.3, -0.25) is 13.9 Å². The number of rotatable bonds is 8. The molecule has 0 aromatic heterocycles. The number of amides is 1. The van der Waals surface area contributed by atoms with Gasteiger partial charge >= 0.3 is 5.97 Å². The molecule has 1 aliphatic heterocycles. The second kappa shape index (κ2) is 9.82. The number of piperidine rings is 1. The molecular formula is C19H28N2O7S. The molecule has 29 heavy (non-hydrogen) atoms. The van der Waals surface area contributed by atoms with Crippen LogP contribution < -0.4 is 13.8 Å². The highest BCUT2D eigenvalue weighted by atomic mass is 32.2. The van der Waals surface area contributed by atoms with E-state index in [4.69, 9.17) is 14.2 Å². The molecule has 1 saturated heterocycles. The van der Waals surface area contributed by atoms with E-state index in [0.29, 0.717) is 38.3 Å². The van der Waals surface area contributed by atoms with Crippen molar-refractivity contribution in [3.63, 3.8) is 0 Å². The molecular weight excluding hydrogens is 400 g/mol. The van der Waals surface area contributed by atoms with Gasteiger partial charge < -0.3 is 19.1 Å². The van der Waals surface area contributed by atoms with E-state index in [1.807, 2.05) is 0 Å². The molecule has 0 saturated carbocycles. The standard InChI is InChI=1S/C19H28N2O7S/c1-5-28-19(23)14-8-10-20(11-9-14)18(22)13-21(29(4,24)25)16-7-6-15(26-2)12-17(16)27-3/h6-7,12,14H,5,8-11,13H2,1-4H3. The zero-order valence-corrected chi connectivity index (χ0v) is 18.0. The summed E-state index contributed by atoms with van der Waals surface area (Å²) in [4.78, 5) is 26.2. The third-order valence-corrected chi connectivity index (χ3v) is 5.93. The molecule has 0 spiro atoms. The van der Waals surface area contributed by atoms with Gasteiger partial charge in [-0.25, -0.2) is 8.42 Å². The third kappa shape index (κ3) is 5.75. The van der Waals surface area contributed by atoms with Gasteiger partial charge in [0.15, 0.2) is 0 Å². The van der Waals surface area contributed by atoms with Crippen molar-refractivity contribution < 1.29 is 32.2 Å². The molecule has 0 atom stereocenters. The SMILES string of the molecule is CCOC(=O)C1CCN(C(=O)CN(c2ccc(OC)cc2OC)S(C)(=O)=O)CC1. The van der Waals surface area contributed by atoms with Crippen molar-refractivity contribution >= 4 is 27.6 Å². The summed E-state index contributed by atoms with van der Waals surface area (Å²) >= 11 is 0. The molecule has 1 amide bonds. The molecule has 0 bridgehead atoms. The Morgan fingerprint density at radius 3 is 2.34 bits per heavy atom. The van der Waals surface area contributed by atoms with E-state index in [1.54, 1.807) is 30.0 Å². The van der Waals surface area contributed by atoms with Gasteiger partial charge in [0.2, 0.25) is 15.9 Å². The lowest BCUT2D eigenvalue weighted by Gasteiger charge is -2.33. The van der Waals surface area contributed by atoms with Crippen molar-refractivity contribution in [2.75, 3.05) is 51.0 Å². The molecule has 1 heterocycles. The Labute approximate surface area is 171 Å². The topological polar surface area (TPSA) is 102 Å². The van der Waals surface area contributed by atoms with Crippen LogP contribution in [0.5, 0.6) is 11.5 Å². The van der Waals surface area contributed by atoms with E-state index in [0.717, 1.165) is 10.6 Å². The smallest absolute Gasteiger partial charge is 0.309 e. The van der Waals surface area contributed by atoms with Crippen molar-refractivity contribution in [1.82, 2.24) is 4.90 Å². The van der Waals surface area contributed by atoms with E-state index in [-0.39, 0.29) is 35.8 Å². The van der Waals surface area contributed by atoms with Crippen molar-refractivity contribution in [3.05, 3.63) is 18.2 Å². The zero-order chi connectivity index (χ0) is 21.6. The lowest BCUT2D eigenvalue weighted by Crippen LogP contribution is -2.46. The number of anilines is 1. The Morgan fingerprint density at radius 1 is 1.17 bits per heavy atom. The average Bonchev–Trinajstić information content (AvgIpc) is 2.70. The number of likely N-dealkylation sites (tertiary alicyclic amines) is 1. The Hall–Kier alpha value is -2.49. The molecule has 2 rings (SSSR count). The third-order valence-electron chi connectivity index (χ3n) is 4.80. The fourth-order valence-electron chi connectivity index (χ4n) is 3.22. The summed E-state index contributed by atoms with van der Waals surface area (Å²) in [6.45, 7) is 2.47. The Morgan fingerprint density at radius 2 is 1.83 bits per heavy atom. The van der Waals surface area contributed by atoms with Crippen LogP contribution in [0.3, 0.4) is 0 Å². The number of methoxy groups -OCH3 is 2. The Kier molecular flexibility index (Phi) is 7.72. The molecule has 1 aromatic rings. The van der Waals surface area contributed by atoms with Crippen molar-refractivity contribution in [2.24, 2.45) is 5.92 Å². The van der Waals surface area contributed by atoms with Gasteiger partial charge in [-0.2, -0.15) is 0 Å². The first-order valence-electron chi connectivity index (χ1n) is 9.35. The summed E-state index contributed by atoms with van der Waals surface area (Å²) in [6, 6.07) is 4.70. The predicted molar refractivity (Wildman–Crippen MR) is 108 cm³/mol. The summed E-state index contributed by atoms with van der Waals surface area (Å²) in [6.07, 6.45) is 2.03. The Bertz CT molecular complexity index is 833. The molecule has 9 nitrogen and oxygen atoms in total. The van der Waals surface area contributed by atoms with Crippen LogP contribution in [-0.2, 0) is 24.3 Å². The van der Waals surface area contributed by atoms with Gasteiger partial charge in [0.05, 0.1) is 38.7 Å². The predicted octanol–water partition coefficient (Wildman–Crippen LogP) is 1.27. The van der Waals surface area contributed by atoms with E-state index in [2.05, 4.69) is 0 Å². The van der Waals surface area contributed by atoms with Crippen LogP contribution in [0.2, 0.25) is 0 Å². The minimum absolute atomic E-state index is 0.230. The number of hydrogen-bond acceptors (Lipinski definition) is 7. The largest absolute Gasteiger partial charge is 0.497 e. The molecule has 1 aliphatic rings. The molecule has 1 aromatic carbocycles. The van der Waals surface area contributed by atoms with Crippen molar-refractivity contribution in [1.29, 1.82) is 0 Å². The van der Waals surface area contributed by atoms with Crippen LogP contribution >= 0.6 is 0 Å². The summed E-state index contributed by atoms with van der Waals surface area (Å²) < 4.78 is 41.3. The maximum Gasteiger partial charge on any atom is 0.309 e. The van der Waals surface area contributed by atoms with Crippen LogP contribution in [0.25, 0.3) is 0 Å². The molecule has 0 unspecified atom stereocenters. The van der Waals surface area contributed by atoms with E-state index in [1.165, 1.54) is 14.2 Å². The molecule has 0 radical (unpaired) electrons. The number of carbonyl (C=O) groups is 2. The van der Waals surface area contributed by atoms with Crippen LogP contribution in [-0.4, -0.2) is 71.9 Å². The lowest BCUT2D eigenvalue weighted by molar-refractivity contribution is -0.151. The van der Waals surface area contributed by atoms with Gasteiger partial charge in [-0.1, -0.05) is 0 Å². The number of hydrogen-bond donors (Lipinski definition) is 0. The van der Waals surface area contributed by atoms with Crippen LogP contribution in [0, 0.1) is 5.92 Å². The van der Waals surface area contributed by atoms with Gasteiger partial charge in [0.25, 0.3) is 0 Å². The highest BCUT2D eigenvalue weighted by Gasteiger charge is 2.31. The van der Waals surface area contributed by atoms with Crippen LogP contribution in [0.1, 0.15) is 19.8 Å². The first kappa shape index (κ1) is 22.8. The molecule has 0 aliphatic carbocycles. The fraction of sp³-hybridized carbons (Fsp3) is 0.579. The quantitative estimate of drug-likeness (QED) is 0.575. The summed E-state index contributed by atoms with van der Waals surface area (Å²) in [7, 11) is -0.835. The minimum atomic E-state index is -3.74. The fourth-order valence-corrected chi connectivity index (χ4v) is 4.07. The van der Waals surface area contributed by atoms with E-state index >= 15 is 0 Å². The summed E-state index contributed by atoms with van der Waals surface area (Å²) in [5.74, 6) is -0.0300. The van der Waals surface area contributed by atoms with Crippen LogP contribution in [0.4, 0.5) is 5.69 Å². The number of benzene rings is 1. The molecule has 10 heteroatoms. The second-order valence-electron chi connectivity index (χ2n) is 6.71. The van der Waals surface area contributed by atoms with Gasteiger partial charge in [-0.05, 0) is 31.9 Å². The summed E-state index contributed by atoms with van der Waals surface area (Å²) in [5.41, 5.74) is 0.255. The van der Waals surface area contributed by atoms with Gasteiger partial charge in [-0.15, -0.1) is 0 Å². The highest BCUT2D eigenvalue weighted by molar-refractivity contribution is 7.92. The van der Waals surface area contributed by atoms with Gasteiger partial charge in [0, 0.05) is 19.2 Å². The van der Waals surface area contributed by atoms with Crippen molar-refractivity contribution in [2.45, 2.75) is 19.8 Å². The first-order chi connectivity index (χ1) is 13.7. The highest BCUT2D eigenvalue weighted by Crippen LogP contribution is 2.33. The maximum absolute atomic E-state index is 12.8. The Balaban J connectivity index is 2.14. The number of nitrogens with zero attached hydrogens (tertiary/aromatic N) is 2. The lowest BCUT2D eigenvalue weighted by atomic mass is 9.97. The number of carbonyl (C=O) groups excluding carboxylic acids is 2. The normalized spacial score (nSPS) is 15.0. The zero-order valence-electron chi connectivity index (χ0n) is 17.2. The monoisotopic (exact) mass is 428 g/mol. The number of sulfonamides is 1. The van der Waals surface area contributed by atoms with E-state index in [9.17, 15) is 18.0 Å². The second-order valence-corrected chi connectivity index (χ2v) is 8.62. The first-order valence-corrected chi connectivity index (χ1v) is 11.2. The van der Waals surface area contributed by atoms with Gasteiger partial charge in [0.1, 0.15) is 18.0 Å². The minimum Gasteiger partial charge on any atom is -0.497 e. The van der Waals surface area contributed by atoms with E-state index < -0.39 is 10.0 Å². The summed E-state index contributed by atoms with van der Waals surface area (Å²) in [5, 5.41) is 0. The molecule has 1 fully saturated rings. The average molecular weight is 429 g/mol. The molecule has 162 valence electrons. The number of ether oxygens (including phenoxy) is 3. The van der Waals surface area contributed by atoms with Crippen molar-refractivity contribution in [3.8, 4) is 11.5 Å². The number of esters is 1.